The number of carbonyl (C=O) groups is 1. The van der Waals surface area contributed by atoms with Crippen molar-refractivity contribution in [2.45, 2.75) is 58.9 Å². The number of amides is 1. The Morgan fingerprint density at radius 1 is 1.23 bits per heavy atom. The fourth-order valence-electron chi connectivity index (χ4n) is 2.99. The summed E-state index contributed by atoms with van der Waals surface area (Å²) in [7, 11) is 3.82. The lowest BCUT2D eigenvalue weighted by Crippen LogP contribution is -2.49. The van der Waals surface area contributed by atoms with Crippen molar-refractivity contribution in [1.29, 1.82) is 0 Å². The van der Waals surface area contributed by atoms with Crippen LogP contribution in [0.1, 0.15) is 53.4 Å². The maximum atomic E-state index is 11.9. The summed E-state index contributed by atoms with van der Waals surface area (Å²) in [5, 5.41) is 6.10. The van der Waals surface area contributed by atoms with Gasteiger partial charge in [-0.15, -0.1) is 0 Å². The zero-order chi connectivity index (χ0) is 16.8. The molecule has 0 aliphatic heterocycles. The van der Waals surface area contributed by atoms with E-state index in [0.717, 1.165) is 24.3 Å². The van der Waals surface area contributed by atoms with E-state index in [-0.39, 0.29) is 18.0 Å². The van der Waals surface area contributed by atoms with Gasteiger partial charge in [0.25, 0.3) is 0 Å². The minimum Gasteiger partial charge on any atom is -0.350 e. The predicted octanol–water partition coefficient (Wildman–Crippen LogP) is 2.23. The van der Waals surface area contributed by atoms with Gasteiger partial charge in [-0.05, 0) is 45.4 Å². The molecule has 1 amide bonds. The van der Waals surface area contributed by atoms with E-state index >= 15 is 0 Å². The van der Waals surface area contributed by atoms with Crippen molar-refractivity contribution in [1.82, 2.24) is 15.5 Å². The molecule has 0 saturated heterocycles. The van der Waals surface area contributed by atoms with E-state index in [9.17, 15) is 4.79 Å². The second kappa shape index (κ2) is 8.39. The van der Waals surface area contributed by atoms with E-state index < -0.39 is 0 Å². The Morgan fingerprint density at radius 3 is 2.32 bits per heavy atom. The summed E-state index contributed by atoms with van der Waals surface area (Å²) < 4.78 is 0. The first-order valence-electron chi connectivity index (χ1n) is 8.44. The number of carbonyl (C=O) groups excluding carboxylic acids is 1. The summed E-state index contributed by atoms with van der Waals surface area (Å²) in [5.74, 6) is 2.40. The van der Waals surface area contributed by atoms with Crippen LogP contribution < -0.4 is 10.6 Å². The van der Waals surface area contributed by atoms with Gasteiger partial charge in [-0.1, -0.05) is 19.8 Å². The Kier molecular flexibility index (Phi) is 7.17. The molecular weight excluding hydrogens is 276 g/mol. The average molecular weight is 310 g/mol. The molecule has 0 bridgehead atoms. The highest BCUT2D eigenvalue weighted by Crippen LogP contribution is 2.28. The monoisotopic (exact) mass is 310 g/mol. The van der Waals surface area contributed by atoms with Crippen LogP contribution in [0.4, 0.5) is 0 Å². The molecule has 2 N–H and O–H groups in total. The largest absolute Gasteiger partial charge is 0.350 e. The van der Waals surface area contributed by atoms with E-state index in [4.69, 9.17) is 0 Å². The first kappa shape index (κ1) is 18.8. The molecule has 1 aliphatic rings. The highest BCUT2D eigenvalue weighted by molar-refractivity contribution is 5.86. The molecule has 1 aliphatic carbocycles. The lowest BCUT2D eigenvalue weighted by atomic mass is 9.83. The molecule has 5 nitrogen and oxygen atoms in total. The molecule has 1 rings (SSSR count). The van der Waals surface area contributed by atoms with Crippen molar-refractivity contribution in [3.8, 4) is 0 Å². The van der Waals surface area contributed by atoms with Crippen molar-refractivity contribution in [2.24, 2.45) is 16.8 Å². The molecule has 0 aromatic rings. The van der Waals surface area contributed by atoms with Gasteiger partial charge in [0.2, 0.25) is 5.91 Å². The Balaban J connectivity index is 2.38. The zero-order valence-corrected chi connectivity index (χ0v) is 15.2. The van der Waals surface area contributed by atoms with Crippen LogP contribution in [0.2, 0.25) is 0 Å². The summed E-state index contributed by atoms with van der Waals surface area (Å²) >= 11 is 0. The molecule has 128 valence electrons. The number of nitrogens with one attached hydrogen (secondary N) is 2. The van der Waals surface area contributed by atoms with E-state index in [1.54, 1.807) is 7.05 Å². The lowest BCUT2D eigenvalue weighted by Gasteiger charge is -2.31. The normalized spacial score (nSPS) is 23.1. The van der Waals surface area contributed by atoms with Gasteiger partial charge in [0.15, 0.2) is 5.96 Å². The van der Waals surface area contributed by atoms with Crippen LogP contribution in [-0.4, -0.2) is 49.5 Å². The summed E-state index contributed by atoms with van der Waals surface area (Å²) in [6.07, 6.45) is 5.26. The van der Waals surface area contributed by atoms with Crippen molar-refractivity contribution in [3.05, 3.63) is 0 Å². The number of hydrogen-bond acceptors (Lipinski definition) is 2. The SMILES string of the molecule is CN=C(NCC(=O)NC(C)(C)C)N(C)CC1CCC(C)CC1. The molecule has 0 spiro atoms. The van der Waals surface area contributed by atoms with Crippen LogP contribution in [0.15, 0.2) is 4.99 Å². The maximum Gasteiger partial charge on any atom is 0.239 e. The van der Waals surface area contributed by atoms with Gasteiger partial charge in [0.05, 0.1) is 6.54 Å². The van der Waals surface area contributed by atoms with Crippen molar-refractivity contribution >= 4 is 11.9 Å². The van der Waals surface area contributed by atoms with Crippen LogP contribution in [0.25, 0.3) is 0 Å². The van der Waals surface area contributed by atoms with E-state index in [2.05, 4.69) is 34.5 Å². The molecule has 0 unspecified atom stereocenters. The molecule has 0 heterocycles. The summed E-state index contributed by atoms with van der Waals surface area (Å²) in [6.45, 7) is 9.55. The Morgan fingerprint density at radius 2 is 1.82 bits per heavy atom. The second-order valence-corrected chi connectivity index (χ2v) is 7.71. The fraction of sp³-hybridized carbons (Fsp3) is 0.882. The van der Waals surface area contributed by atoms with Crippen LogP contribution >= 0.6 is 0 Å². The van der Waals surface area contributed by atoms with Gasteiger partial charge in [-0.25, -0.2) is 0 Å². The summed E-state index contributed by atoms with van der Waals surface area (Å²) in [4.78, 5) is 18.3. The van der Waals surface area contributed by atoms with Crippen LogP contribution in [0.3, 0.4) is 0 Å². The van der Waals surface area contributed by atoms with Gasteiger partial charge in [0, 0.05) is 26.2 Å². The Hall–Kier alpha value is -1.26. The molecule has 0 aromatic carbocycles. The summed E-state index contributed by atoms with van der Waals surface area (Å²) in [5.41, 5.74) is -0.201. The van der Waals surface area contributed by atoms with Crippen molar-refractivity contribution in [2.75, 3.05) is 27.2 Å². The third-order valence-electron chi connectivity index (χ3n) is 4.16. The first-order chi connectivity index (χ1) is 10.2. The number of aliphatic imine (C=N–C) groups is 1. The number of rotatable bonds is 4. The molecule has 22 heavy (non-hydrogen) atoms. The molecule has 0 atom stereocenters. The van der Waals surface area contributed by atoms with E-state index in [1.165, 1.54) is 25.7 Å². The number of nitrogens with zero attached hydrogens (tertiary/aromatic N) is 2. The highest BCUT2D eigenvalue weighted by Gasteiger charge is 2.21. The standard InChI is InChI=1S/C17H34N4O/c1-13-7-9-14(10-8-13)12-21(6)16(18-5)19-11-15(22)20-17(2,3)4/h13-14H,7-12H2,1-6H3,(H,18,19)(H,20,22). The van der Waals surface area contributed by atoms with Crippen molar-refractivity contribution in [3.63, 3.8) is 0 Å². The maximum absolute atomic E-state index is 11.9. The zero-order valence-electron chi connectivity index (χ0n) is 15.2. The molecule has 0 aromatic heterocycles. The van der Waals surface area contributed by atoms with Gasteiger partial charge in [-0.2, -0.15) is 0 Å². The molecule has 0 radical (unpaired) electrons. The summed E-state index contributed by atoms with van der Waals surface area (Å²) in [6, 6.07) is 0. The molecule has 5 heteroatoms. The van der Waals surface area contributed by atoms with Crippen LogP contribution in [-0.2, 0) is 4.79 Å². The third-order valence-corrected chi connectivity index (χ3v) is 4.16. The van der Waals surface area contributed by atoms with Crippen molar-refractivity contribution < 1.29 is 4.79 Å². The Labute approximate surface area is 135 Å². The predicted molar refractivity (Wildman–Crippen MR) is 93.0 cm³/mol. The molecule has 1 fully saturated rings. The van der Waals surface area contributed by atoms with E-state index in [0.29, 0.717) is 0 Å². The smallest absolute Gasteiger partial charge is 0.239 e. The quantitative estimate of drug-likeness (QED) is 0.618. The Bertz CT molecular complexity index is 379. The first-order valence-corrected chi connectivity index (χ1v) is 8.44. The van der Waals surface area contributed by atoms with Gasteiger partial charge in [-0.3, -0.25) is 9.79 Å². The minimum absolute atomic E-state index is 0.00598. The van der Waals surface area contributed by atoms with Crippen LogP contribution in [0, 0.1) is 11.8 Å². The highest BCUT2D eigenvalue weighted by atomic mass is 16.2. The molecular formula is C17H34N4O. The lowest BCUT2D eigenvalue weighted by molar-refractivity contribution is -0.121. The topological polar surface area (TPSA) is 56.7 Å². The molecule has 1 saturated carbocycles. The van der Waals surface area contributed by atoms with Crippen LogP contribution in [0.5, 0.6) is 0 Å². The average Bonchev–Trinajstić information content (AvgIpc) is 2.40. The third kappa shape index (κ3) is 7.14. The van der Waals surface area contributed by atoms with Gasteiger partial charge >= 0.3 is 0 Å². The number of hydrogen-bond donors (Lipinski definition) is 2. The second-order valence-electron chi connectivity index (χ2n) is 7.71. The van der Waals surface area contributed by atoms with Gasteiger partial charge < -0.3 is 15.5 Å². The fourth-order valence-corrected chi connectivity index (χ4v) is 2.99. The number of guanidine groups is 1. The van der Waals surface area contributed by atoms with Gasteiger partial charge in [0.1, 0.15) is 0 Å². The van der Waals surface area contributed by atoms with E-state index in [1.807, 2.05) is 20.8 Å². The minimum atomic E-state index is -0.201.